The Morgan fingerprint density at radius 2 is 1.84 bits per heavy atom. The van der Waals surface area contributed by atoms with Crippen LogP contribution in [0.25, 0.3) is 0 Å². The van der Waals surface area contributed by atoms with Gasteiger partial charge in [-0.3, -0.25) is 4.79 Å². The molecule has 1 saturated heterocycles. The predicted octanol–water partition coefficient (Wildman–Crippen LogP) is 4.18. The molecule has 0 saturated carbocycles. The Kier molecular flexibility index (Phi) is 4.59. The summed E-state index contributed by atoms with van der Waals surface area (Å²) in [6, 6.07) is 16.2. The summed E-state index contributed by atoms with van der Waals surface area (Å²) in [5, 5.41) is 3.14. The third-order valence-corrected chi connectivity index (χ3v) is 5.14. The van der Waals surface area contributed by atoms with E-state index >= 15 is 0 Å². The highest BCUT2D eigenvalue weighted by molar-refractivity contribution is 5.94. The van der Waals surface area contributed by atoms with Crippen LogP contribution >= 0.6 is 0 Å². The highest BCUT2D eigenvalue weighted by Crippen LogP contribution is 2.36. The fourth-order valence-electron chi connectivity index (χ4n) is 3.87. The van der Waals surface area contributed by atoms with Crippen molar-refractivity contribution in [3.05, 3.63) is 54.1 Å². The van der Waals surface area contributed by atoms with E-state index in [4.69, 9.17) is 4.74 Å². The molecule has 0 radical (unpaired) electrons. The second kappa shape index (κ2) is 7.18. The fraction of sp³-hybridized carbons (Fsp3) is 0.381. The quantitative estimate of drug-likeness (QED) is 0.910. The van der Waals surface area contributed by atoms with Gasteiger partial charge in [-0.1, -0.05) is 30.3 Å². The zero-order chi connectivity index (χ0) is 17.1. The lowest BCUT2D eigenvalue weighted by atomic mass is 9.90. The highest BCUT2D eigenvalue weighted by atomic mass is 16.5. The van der Waals surface area contributed by atoms with Gasteiger partial charge in [-0.25, -0.2) is 0 Å². The van der Waals surface area contributed by atoms with Crippen LogP contribution in [0.15, 0.2) is 48.5 Å². The first-order valence-electron chi connectivity index (χ1n) is 9.17. The first-order valence-corrected chi connectivity index (χ1v) is 9.17. The number of hydrogen-bond acceptors (Lipinski definition) is 3. The molecule has 1 unspecified atom stereocenters. The van der Waals surface area contributed by atoms with Crippen LogP contribution in [-0.2, 0) is 4.79 Å². The number of ether oxygens (including phenoxy) is 1. The number of amides is 1. The molecule has 25 heavy (non-hydrogen) atoms. The standard InChI is InChI=1S/C21H24N2O2/c24-21(15-16-11-14-25-20-10-4-1-7-17(16)20)22-18-8-2-3-9-19(18)23-12-5-6-13-23/h1-4,7-10,16H,5-6,11-15H2,(H,22,24). The maximum atomic E-state index is 12.7. The molecule has 130 valence electrons. The summed E-state index contributed by atoms with van der Waals surface area (Å²) in [4.78, 5) is 15.0. The lowest BCUT2D eigenvalue weighted by Gasteiger charge is -2.26. The molecule has 1 fully saturated rings. The molecule has 2 aromatic rings. The number of hydrogen-bond donors (Lipinski definition) is 1. The van der Waals surface area contributed by atoms with Gasteiger partial charge < -0.3 is 15.0 Å². The lowest BCUT2D eigenvalue weighted by molar-refractivity contribution is -0.116. The van der Waals surface area contributed by atoms with E-state index in [0.717, 1.165) is 42.2 Å². The van der Waals surface area contributed by atoms with Crippen molar-refractivity contribution in [3.63, 3.8) is 0 Å². The number of carbonyl (C=O) groups is 1. The smallest absolute Gasteiger partial charge is 0.225 e. The van der Waals surface area contributed by atoms with Gasteiger partial charge in [0, 0.05) is 19.5 Å². The minimum Gasteiger partial charge on any atom is -0.493 e. The Hall–Kier alpha value is -2.49. The van der Waals surface area contributed by atoms with Gasteiger partial charge in [-0.05, 0) is 48.9 Å². The van der Waals surface area contributed by atoms with Crippen LogP contribution in [0.1, 0.15) is 37.2 Å². The number of nitrogens with one attached hydrogen (secondary N) is 1. The number of fused-ring (bicyclic) bond motifs is 1. The number of nitrogens with zero attached hydrogens (tertiary/aromatic N) is 1. The molecule has 4 nitrogen and oxygen atoms in total. The van der Waals surface area contributed by atoms with Crippen molar-refractivity contribution >= 4 is 17.3 Å². The monoisotopic (exact) mass is 336 g/mol. The first kappa shape index (κ1) is 16.0. The molecule has 1 amide bonds. The number of rotatable bonds is 4. The van der Waals surface area contributed by atoms with Gasteiger partial charge in [0.1, 0.15) is 5.75 Å². The van der Waals surface area contributed by atoms with Crippen LogP contribution in [0.5, 0.6) is 5.75 Å². The molecule has 4 rings (SSSR count). The van der Waals surface area contributed by atoms with E-state index < -0.39 is 0 Å². The Morgan fingerprint density at radius 3 is 2.72 bits per heavy atom. The normalized spacial score (nSPS) is 19.2. The number of para-hydroxylation sites is 3. The SMILES string of the molecule is O=C(CC1CCOc2ccccc21)Nc1ccccc1N1CCCC1. The van der Waals surface area contributed by atoms with Crippen molar-refractivity contribution in [2.24, 2.45) is 0 Å². The average molecular weight is 336 g/mol. The molecule has 2 aliphatic heterocycles. The predicted molar refractivity (Wildman–Crippen MR) is 100 cm³/mol. The van der Waals surface area contributed by atoms with Crippen LogP contribution < -0.4 is 15.0 Å². The van der Waals surface area contributed by atoms with Gasteiger partial charge in [0.2, 0.25) is 5.91 Å². The summed E-state index contributed by atoms with van der Waals surface area (Å²) in [5.74, 6) is 1.22. The zero-order valence-electron chi connectivity index (χ0n) is 14.4. The Bertz CT molecular complexity index is 753. The molecule has 4 heteroatoms. The summed E-state index contributed by atoms with van der Waals surface area (Å²) >= 11 is 0. The molecule has 2 aromatic carbocycles. The first-order chi connectivity index (χ1) is 12.3. The van der Waals surface area contributed by atoms with Gasteiger partial charge in [0.15, 0.2) is 0 Å². The van der Waals surface area contributed by atoms with Crippen molar-refractivity contribution in [2.75, 3.05) is 29.9 Å². The molecule has 1 N–H and O–H groups in total. The second-order valence-electron chi connectivity index (χ2n) is 6.84. The van der Waals surface area contributed by atoms with E-state index in [2.05, 4.69) is 22.3 Å². The van der Waals surface area contributed by atoms with E-state index in [9.17, 15) is 4.79 Å². The number of benzene rings is 2. The summed E-state index contributed by atoms with van der Waals surface area (Å²) in [6.45, 7) is 2.82. The zero-order valence-corrected chi connectivity index (χ0v) is 14.4. The van der Waals surface area contributed by atoms with Gasteiger partial charge in [-0.2, -0.15) is 0 Å². The molecule has 0 spiro atoms. The maximum absolute atomic E-state index is 12.7. The van der Waals surface area contributed by atoms with E-state index in [0.29, 0.717) is 13.0 Å². The summed E-state index contributed by atoms with van der Waals surface area (Å²) < 4.78 is 5.70. The van der Waals surface area contributed by atoms with Crippen molar-refractivity contribution in [1.82, 2.24) is 0 Å². The summed E-state index contributed by atoms with van der Waals surface area (Å²) in [6.07, 6.45) is 3.83. The third kappa shape index (κ3) is 3.48. The van der Waals surface area contributed by atoms with Gasteiger partial charge >= 0.3 is 0 Å². The van der Waals surface area contributed by atoms with Crippen molar-refractivity contribution in [3.8, 4) is 5.75 Å². The van der Waals surface area contributed by atoms with E-state index in [1.807, 2.05) is 36.4 Å². The minimum absolute atomic E-state index is 0.0772. The molecule has 2 heterocycles. The molecular weight excluding hydrogens is 312 g/mol. The molecule has 1 atom stereocenters. The number of anilines is 2. The van der Waals surface area contributed by atoms with E-state index in [1.165, 1.54) is 12.8 Å². The average Bonchev–Trinajstić information content (AvgIpc) is 3.17. The second-order valence-corrected chi connectivity index (χ2v) is 6.84. The molecule has 0 aromatic heterocycles. The van der Waals surface area contributed by atoms with Crippen molar-refractivity contribution < 1.29 is 9.53 Å². The topological polar surface area (TPSA) is 41.6 Å². The van der Waals surface area contributed by atoms with Crippen LogP contribution in [0.4, 0.5) is 11.4 Å². The fourth-order valence-corrected chi connectivity index (χ4v) is 3.87. The Balaban J connectivity index is 1.47. The Labute approximate surface area is 148 Å². The van der Waals surface area contributed by atoms with Gasteiger partial charge in [-0.15, -0.1) is 0 Å². The van der Waals surface area contributed by atoms with Crippen LogP contribution in [-0.4, -0.2) is 25.6 Å². The van der Waals surface area contributed by atoms with E-state index in [1.54, 1.807) is 0 Å². The summed E-state index contributed by atoms with van der Waals surface area (Å²) in [5.41, 5.74) is 3.22. The van der Waals surface area contributed by atoms with Crippen LogP contribution in [0, 0.1) is 0 Å². The molecule has 0 bridgehead atoms. The lowest BCUT2D eigenvalue weighted by Crippen LogP contribution is -2.23. The minimum atomic E-state index is 0.0772. The van der Waals surface area contributed by atoms with E-state index in [-0.39, 0.29) is 11.8 Å². The third-order valence-electron chi connectivity index (χ3n) is 5.14. The van der Waals surface area contributed by atoms with Crippen molar-refractivity contribution in [1.29, 1.82) is 0 Å². The summed E-state index contributed by atoms with van der Waals surface area (Å²) in [7, 11) is 0. The molecule has 0 aliphatic carbocycles. The van der Waals surface area contributed by atoms with Crippen LogP contribution in [0.3, 0.4) is 0 Å². The van der Waals surface area contributed by atoms with Crippen LogP contribution in [0.2, 0.25) is 0 Å². The maximum Gasteiger partial charge on any atom is 0.225 e. The largest absolute Gasteiger partial charge is 0.493 e. The molecular formula is C21H24N2O2. The van der Waals surface area contributed by atoms with Gasteiger partial charge in [0.25, 0.3) is 0 Å². The van der Waals surface area contributed by atoms with Gasteiger partial charge in [0.05, 0.1) is 18.0 Å². The highest BCUT2D eigenvalue weighted by Gasteiger charge is 2.24. The Morgan fingerprint density at radius 1 is 1.08 bits per heavy atom. The number of carbonyl (C=O) groups excluding carboxylic acids is 1. The van der Waals surface area contributed by atoms with Crippen molar-refractivity contribution in [2.45, 2.75) is 31.6 Å². The molecule has 2 aliphatic rings.